The van der Waals surface area contributed by atoms with E-state index in [4.69, 9.17) is 10.2 Å². The Morgan fingerprint density at radius 2 is 1.83 bits per heavy atom. The smallest absolute Gasteiger partial charge is 0.408 e. The SMILES string of the molecule is CCCN(CCC)C(=O)C1=CC(C)=CC(C(N)=O)([C@H](Cc2ccccc2)[C@@H](O)CNCc2ccc3[nH]c(=O)oc3c2)C1. The van der Waals surface area contributed by atoms with Crippen molar-refractivity contribution >= 4 is 22.9 Å². The summed E-state index contributed by atoms with van der Waals surface area (Å²) < 4.78 is 5.16. The average Bonchev–Trinajstić information content (AvgIpc) is 3.34. The van der Waals surface area contributed by atoms with E-state index in [1.807, 2.05) is 74.2 Å². The van der Waals surface area contributed by atoms with Crippen LogP contribution in [0, 0.1) is 11.3 Å². The molecule has 5 N–H and O–H groups in total. The Bertz CT molecular complexity index is 1500. The summed E-state index contributed by atoms with van der Waals surface area (Å²) in [5.41, 5.74) is 9.13. The van der Waals surface area contributed by atoms with E-state index in [1.54, 1.807) is 12.1 Å². The number of aliphatic hydroxyl groups is 1. The maximum atomic E-state index is 13.7. The molecule has 4 rings (SSSR count). The van der Waals surface area contributed by atoms with Crippen molar-refractivity contribution in [2.45, 2.75) is 59.1 Å². The normalized spacial score (nSPS) is 18.3. The molecule has 42 heavy (non-hydrogen) atoms. The number of benzene rings is 2. The van der Waals surface area contributed by atoms with Gasteiger partial charge < -0.3 is 25.5 Å². The second kappa shape index (κ2) is 13.8. The van der Waals surface area contributed by atoms with Gasteiger partial charge in [-0.15, -0.1) is 0 Å². The number of fused-ring (bicyclic) bond motifs is 1. The van der Waals surface area contributed by atoms with Gasteiger partial charge in [0.15, 0.2) is 5.58 Å². The lowest BCUT2D eigenvalue weighted by atomic mass is 9.63. The predicted molar refractivity (Wildman–Crippen MR) is 163 cm³/mol. The van der Waals surface area contributed by atoms with Crippen LogP contribution in [0.2, 0.25) is 0 Å². The van der Waals surface area contributed by atoms with Crippen LogP contribution in [0.3, 0.4) is 0 Å². The Morgan fingerprint density at radius 3 is 2.50 bits per heavy atom. The van der Waals surface area contributed by atoms with Crippen molar-refractivity contribution in [1.29, 1.82) is 0 Å². The molecule has 0 radical (unpaired) electrons. The monoisotopic (exact) mass is 574 g/mol. The number of hydrogen-bond donors (Lipinski definition) is 4. The molecule has 0 saturated heterocycles. The minimum atomic E-state index is -1.27. The standard InChI is InChI=1S/C33H42N4O5/c1-4-13-37(14-5-2)30(39)25-15-22(3)18-33(19-25,31(34)40)26(16-23-9-7-6-8-10-23)28(38)21-35-20-24-11-12-27-29(17-24)42-32(41)36-27/h6-12,15,17-18,26,28,35,38H,4-5,13-14,16,19-21H2,1-3H3,(H2,34,40)(H,36,41)/t26-,28+,33?/m1/s1. The highest BCUT2D eigenvalue weighted by atomic mass is 16.4. The molecule has 9 nitrogen and oxygen atoms in total. The largest absolute Gasteiger partial charge is 0.417 e. The molecule has 2 amide bonds. The van der Waals surface area contributed by atoms with Gasteiger partial charge >= 0.3 is 5.76 Å². The Kier molecular flexibility index (Phi) is 10.2. The molecule has 1 aromatic heterocycles. The number of nitrogens with zero attached hydrogens (tertiary/aromatic N) is 1. The van der Waals surface area contributed by atoms with Crippen LogP contribution in [-0.4, -0.2) is 52.5 Å². The molecule has 224 valence electrons. The fourth-order valence-electron chi connectivity index (χ4n) is 6.05. The average molecular weight is 575 g/mol. The lowest BCUT2D eigenvalue weighted by molar-refractivity contribution is -0.132. The number of nitrogens with one attached hydrogen (secondary N) is 2. The number of primary amides is 1. The Labute approximate surface area is 246 Å². The highest BCUT2D eigenvalue weighted by Gasteiger charge is 2.48. The topological polar surface area (TPSA) is 142 Å². The van der Waals surface area contributed by atoms with Gasteiger partial charge in [-0.2, -0.15) is 0 Å². The Balaban J connectivity index is 1.61. The van der Waals surface area contributed by atoms with Gasteiger partial charge in [0.1, 0.15) is 0 Å². The molecule has 0 spiro atoms. The van der Waals surface area contributed by atoms with Crippen LogP contribution >= 0.6 is 0 Å². The van der Waals surface area contributed by atoms with Crippen molar-refractivity contribution in [2.75, 3.05) is 19.6 Å². The first-order valence-corrected chi connectivity index (χ1v) is 14.7. The third kappa shape index (κ3) is 7.09. The zero-order valence-corrected chi connectivity index (χ0v) is 24.7. The summed E-state index contributed by atoms with van der Waals surface area (Å²) in [7, 11) is 0. The summed E-state index contributed by atoms with van der Waals surface area (Å²) >= 11 is 0. The number of carbonyl (C=O) groups is 2. The quantitative estimate of drug-likeness (QED) is 0.231. The molecule has 1 aliphatic carbocycles. The molecule has 1 unspecified atom stereocenters. The van der Waals surface area contributed by atoms with Crippen molar-refractivity contribution in [1.82, 2.24) is 15.2 Å². The van der Waals surface area contributed by atoms with Gasteiger partial charge in [0.2, 0.25) is 11.8 Å². The highest BCUT2D eigenvalue weighted by Crippen LogP contribution is 2.44. The summed E-state index contributed by atoms with van der Waals surface area (Å²) in [6.45, 7) is 7.80. The molecule has 3 atom stereocenters. The second-order valence-electron chi connectivity index (χ2n) is 11.3. The Morgan fingerprint density at radius 1 is 1.12 bits per heavy atom. The summed E-state index contributed by atoms with van der Waals surface area (Å²) in [5, 5.41) is 15.0. The van der Waals surface area contributed by atoms with E-state index in [0.29, 0.717) is 42.7 Å². The number of allylic oxidation sites excluding steroid dienone is 2. The van der Waals surface area contributed by atoms with Crippen molar-refractivity contribution in [3.05, 3.63) is 93.5 Å². The molecular weight excluding hydrogens is 532 g/mol. The lowest BCUT2D eigenvalue weighted by Crippen LogP contribution is -2.51. The maximum absolute atomic E-state index is 13.7. The first-order valence-electron chi connectivity index (χ1n) is 14.7. The minimum Gasteiger partial charge on any atom is -0.408 e. The first-order chi connectivity index (χ1) is 20.2. The number of H-pyrrole nitrogens is 1. The van der Waals surface area contributed by atoms with Crippen LogP contribution in [-0.2, 0) is 22.6 Å². The van der Waals surface area contributed by atoms with E-state index >= 15 is 0 Å². The Hall–Kier alpha value is -3.95. The van der Waals surface area contributed by atoms with Crippen molar-refractivity contribution < 1.29 is 19.1 Å². The van der Waals surface area contributed by atoms with E-state index in [9.17, 15) is 19.5 Å². The third-order valence-corrected chi connectivity index (χ3v) is 7.97. The van der Waals surface area contributed by atoms with Gasteiger partial charge in [-0.25, -0.2) is 4.79 Å². The number of hydrogen-bond acceptors (Lipinski definition) is 6. The molecule has 0 fully saturated rings. The summed E-state index contributed by atoms with van der Waals surface area (Å²) in [4.78, 5) is 43.1. The van der Waals surface area contributed by atoms with Crippen molar-refractivity contribution in [2.24, 2.45) is 17.1 Å². The van der Waals surface area contributed by atoms with Crippen LogP contribution in [0.4, 0.5) is 0 Å². The molecule has 0 bridgehead atoms. The number of aliphatic hydroxyl groups excluding tert-OH is 1. The first kappa shape index (κ1) is 31.0. The number of oxazole rings is 1. The van der Waals surface area contributed by atoms with Gasteiger partial charge in [-0.05, 0) is 55.9 Å². The van der Waals surface area contributed by atoms with Crippen molar-refractivity contribution in [3.63, 3.8) is 0 Å². The zero-order chi connectivity index (χ0) is 30.3. The van der Waals surface area contributed by atoms with Gasteiger partial charge in [-0.1, -0.05) is 68.0 Å². The summed E-state index contributed by atoms with van der Waals surface area (Å²) in [6, 6.07) is 15.1. The lowest BCUT2D eigenvalue weighted by Gasteiger charge is -2.42. The fourth-order valence-corrected chi connectivity index (χ4v) is 6.05. The number of nitrogens with two attached hydrogens (primary N) is 1. The molecule has 1 heterocycles. The number of amides is 2. The molecule has 3 aromatic rings. The molecule has 9 heteroatoms. The van der Waals surface area contributed by atoms with E-state index in [2.05, 4.69) is 10.3 Å². The minimum absolute atomic E-state index is 0.0883. The van der Waals surface area contributed by atoms with Crippen LogP contribution in [0.25, 0.3) is 11.1 Å². The fraction of sp³-hybridized carbons (Fsp3) is 0.424. The van der Waals surface area contributed by atoms with Gasteiger partial charge in [0.05, 0.1) is 17.0 Å². The molecule has 2 aromatic carbocycles. The van der Waals surface area contributed by atoms with Crippen LogP contribution < -0.4 is 16.8 Å². The molecule has 0 saturated carbocycles. The number of aromatic amines is 1. The van der Waals surface area contributed by atoms with Gasteiger partial charge in [0.25, 0.3) is 0 Å². The van der Waals surface area contributed by atoms with Crippen molar-refractivity contribution in [3.8, 4) is 0 Å². The maximum Gasteiger partial charge on any atom is 0.417 e. The summed E-state index contributed by atoms with van der Waals surface area (Å²) in [5.74, 6) is -1.77. The van der Waals surface area contributed by atoms with Gasteiger partial charge in [-0.3, -0.25) is 14.6 Å². The zero-order valence-electron chi connectivity index (χ0n) is 24.7. The van der Waals surface area contributed by atoms with Crippen LogP contribution in [0.5, 0.6) is 0 Å². The second-order valence-corrected chi connectivity index (χ2v) is 11.3. The van der Waals surface area contributed by atoms with E-state index < -0.39 is 29.1 Å². The molecular formula is C33H42N4O5. The molecule has 0 aliphatic heterocycles. The van der Waals surface area contributed by atoms with E-state index in [1.165, 1.54) is 0 Å². The predicted octanol–water partition coefficient (Wildman–Crippen LogP) is 3.83. The molecule has 1 aliphatic rings. The number of aromatic nitrogens is 1. The van der Waals surface area contributed by atoms with Crippen LogP contribution in [0.1, 0.15) is 51.2 Å². The number of carbonyl (C=O) groups excluding carboxylic acids is 2. The van der Waals surface area contributed by atoms with Gasteiger partial charge in [0, 0.05) is 37.7 Å². The number of rotatable bonds is 14. The van der Waals surface area contributed by atoms with E-state index in [0.717, 1.165) is 29.5 Å². The van der Waals surface area contributed by atoms with E-state index in [-0.39, 0.29) is 18.9 Å². The summed E-state index contributed by atoms with van der Waals surface area (Å²) in [6.07, 6.45) is 4.91. The third-order valence-electron chi connectivity index (χ3n) is 7.97. The van der Waals surface area contributed by atoms with Crippen LogP contribution in [0.15, 0.2) is 81.0 Å². The highest BCUT2D eigenvalue weighted by molar-refractivity contribution is 5.97.